The van der Waals surface area contributed by atoms with Crippen LogP contribution < -0.4 is 0 Å². The Labute approximate surface area is 180 Å². The second kappa shape index (κ2) is 8.55. The van der Waals surface area contributed by atoms with Crippen molar-refractivity contribution in [2.75, 3.05) is 13.6 Å². The van der Waals surface area contributed by atoms with Gasteiger partial charge in [-0.1, -0.05) is 0 Å². The number of carboxylic acids is 1. The second-order valence-electron chi connectivity index (χ2n) is 8.47. The minimum absolute atomic E-state index is 0.0968. The number of carboxylic acid groups (broad SMARTS) is 1. The highest BCUT2D eigenvalue weighted by Crippen LogP contribution is 2.44. The van der Waals surface area contributed by atoms with Crippen LogP contribution in [0.4, 0.5) is 26.7 Å². The number of carbonyl (C=O) groups is 3. The number of rotatable bonds is 4. The lowest BCUT2D eigenvalue weighted by atomic mass is 9.85. The first-order valence-electron chi connectivity index (χ1n) is 9.60. The van der Waals surface area contributed by atoms with Crippen LogP contribution in [0, 0.1) is 29.1 Å². The number of carbonyl (C=O) groups excluding carboxylic acids is 2. The minimum atomic E-state index is -2.86. The van der Waals surface area contributed by atoms with Gasteiger partial charge in [0.2, 0.25) is 11.7 Å². The quantitative estimate of drug-likeness (QED) is 0.417. The van der Waals surface area contributed by atoms with E-state index in [0.29, 0.717) is 4.90 Å². The molecule has 0 unspecified atom stereocenters. The number of aliphatic carboxylic acids is 1. The summed E-state index contributed by atoms with van der Waals surface area (Å²) in [4.78, 5) is 39.0. The maximum atomic E-state index is 14.6. The van der Waals surface area contributed by atoms with Gasteiger partial charge in [-0.15, -0.1) is 0 Å². The van der Waals surface area contributed by atoms with E-state index in [1.807, 2.05) is 0 Å². The average Bonchev–Trinajstić information content (AvgIpc) is 3.13. The van der Waals surface area contributed by atoms with Gasteiger partial charge in [-0.3, -0.25) is 9.69 Å². The topological polar surface area (TPSA) is 87.2 Å². The lowest BCUT2D eigenvalue weighted by molar-refractivity contribution is -0.159. The van der Waals surface area contributed by atoms with Crippen molar-refractivity contribution in [2.24, 2.45) is 0 Å². The molecule has 0 bridgehead atoms. The lowest BCUT2D eigenvalue weighted by Gasteiger charge is -2.38. The van der Waals surface area contributed by atoms with Crippen molar-refractivity contribution in [3.63, 3.8) is 0 Å². The molecule has 1 aromatic rings. The van der Waals surface area contributed by atoms with Crippen molar-refractivity contribution in [3.05, 3.63) is 34.6 Å². The summed E-state index contributed by atoms with van der Waals surface area (Å²) in [7, 11) is 1.19. The van der Waals surface area contributed by atoms with Crippen LogP contribution in [-0.4, -0.2) is 58.1 Å². The molecule has 0 spiro atoms. The Morgan fingerprint density at radius 2 is 1.50 bits per heavy atom. The highest BCUT2D eigenvalue weighted by molar-refractivity contribution is 5.92. The van der Waals surface area contributed by atoms with E-state index in [2.05, 4.69) is 0 Å². The molecule has 0 aliphatic carbocycles. The van der Waals surface area contributed by atoms with Gasteiger partial charge in [-0.05, 0) is 40.5 Å². The van der Waals surface area contributed by atoms with Gasteiger partial charge in [0.1, 0.15) is 11.6 Å². The first-order chi connectivity index (χ1) is 14.6. The molecular weight excluding hydrogens is 443 g/mol. The molecule has 1 saturated heterocycles. The third kappa shape index (κ3) is 4.09. The summed E-state index contributed by atoms with van der Waals surface area (Å²) in [6, 6.07) is -1.37. The fourth-order valence-electron chi connectivity index (χ4n) is 3.56. The largest absolute Gasteiger partial charge is 0.479 e. The van der Waals surface area contributed by atoms with Crippen LogP contribution >= 0.6 is 0 Å². The number of ether oxygens (including phenoxy) is 1. The van der Waals surface area contributed by atoms with Crippen LogP contribution in [-0.2, 0) is 19.9 Å². The Kier molecular flexibility index (Phi) is 6.77. The van der Waals surface area contributed by atoms with Gasteiger partial charge >= 0.3 is 12.1 Å². The average molecular weight is 466 g/mol. The molecule has 2 atom stereocenters. The van der Waals surface area contributed by atoms with Crippen molar-refractivity contribution < 1.29 is 46.2 Å². The van der Waals surface area contributed by atoms with Crippen molar-refractivity contribution in [1.82, 2.24) is 9.80 Å². The lowest BCUT2D eigenvalue weighted by Crippen LogP contribution is -2.57. The molecule has 1 aromatic carbocycles. The van der Waals surface area contributed by atoms with E-state index in [0.717, 1.165) is 4.90 Å². The zero-order valence-corrected chi connectivity index (χ0v) is 18.1. The summed E-state index contributed by atoms with van der Waals surface area (Å²) in [6.07, 6.45) is -1.63. The van der Waals surface area contributed by atoms with E-state index < -0.39 is 76.2 Å². The predicted molar refractivity (Wildman–Crippen MR) is 100.0 cm³/mol. The molecule has 0 radical (unpaired) electrons. The maximum Gasteiger partial charge on any atom is 0.410 e. The molecule has 32 heavy (non-hydrogen) atoms. The fraction of sp³-hybridized carbons (Fsp3) is 0.550. The molecule has 2 amide bonds. The van der Waals surface area contributed by atoms with Crippen molar-refractivity contribution in [1.29, 1.82) is 0 Å². The van der Waals surface area contributed by atoms with E-state index >= 15 is 0 Å². The standard InChI is InChI=1S/C20H23F5N2O5/c1-9(26(5)18(31)32-19(2,3)4)16(28)27-8-6-7-20(27,17(29)30)10-11(21)13(23)15(25)14(24)12(10)22/h9H,6-8H2,1-5H3,(H,29,30)/t9-,20+/m0/s1. The second-order valence-corrected chi connectivity index (χ2v) is 8.47. The van der Waals surface area contributed by atoms with Crippen LogP contribution in [0.25, 0.3) is 0 Å². The maximum absolute atomic E-state index is 14.6. The third-order valence-corrected chi connectivity index (χ3v) is 5.24. The van der Waals surface area contributed by atoms with Crippen LogP contribution in [0.3, 0.4) is 0 Å². The van der Waals surface area contributed by atoms with Crippen molar-refractivity contribution in [2.45, 2.75) is 57.7 Å². The molecule has 0 aromatic heterocycles. The molecule has 12 heteroatoms. The summed E-state index contributed by atoms with van der Waals surface area (Å²) < 4.78 is 75.5. The molecular formula is C20H23F5N2O5. The van der Waals surface area contributed by atoms with Gasteiger partial charge in [0.15, 0.2) is 28.8 Å². The van der Waals surface area contributed by atoms with Crippen LogP contribution in [0.1, 0.15) is 46.1 Å². The van der Waals surface area contributed by atoms with Gasteiger partial charge in [-0.25, -0.2) is 31.5 Å². The first-order valence-corrected chi connectivity index (χ1v) is 9.60. The molecule has 1 fully saturated rings. The zero-order chi connectivity index (χ0) is 24.8. The summed E-state index contributed by atoms with van der Waals surface area (Å²) in [5.41, 5.74) is -5.40. The highest BCUT2D eigenvalue weighted by Gasteiger charge is 2.56. The number of hydrogen-bond donors (Lipinski definition) is 1. The first kappa shape index (κ1) is 25.3. The molecule has 1 aliphatic rings. The van der Waals surface area contributed by atoms with E-state index in [1.165, 1.54) is 14.0 Å². The molecule has 0 saturated carbocycles. The molecule has 1 N–H and O–H groups in total. The number of nitrogens with zero attached hydrogens (tertiary/aromatic N) is 2. The van der Waals surface area contributed by atoms with E-state index in [1.54, 1.807) is 20.8 Å². The Morgan fingerprint density at radius 1 is 1.03 bits per heavy atom. The Bertz CT molecular complexity index is 936. The number of hydrogen-bond acceptors (Lipinski definition) is 4. The van der Waals surface area contributed by atoms with Crippen LogP contribution in [0.2, 0.25) is 0 Å². The van der Waals surface area contributed by atoms with Gasteiger partial charge < -0.3 is 14.7 Å². The Morgan fingerprint density at radius 3 is 1.94 bits per heavy atom. The molecule has 2 rings (SSSR count). The molecule has 178 valence electrons. The SMILES string of the molecule is C[C@@H](C(=O)N1CCC[C@]1(C(=O)O)c1c(F)c(F)c(F)c(F)c1F)N(C)C(=O)OC(C)(C)C. The van der Waals surface area contributed by atoms with Gasteiger partial charge in [0.25, 0.3) is 0 Å². The smallest absolute Gasteiger partial charge is 0.410 e. The summed E-state index contributed by atoms with van der Waals surface area (Å²) in [5, 5.41) is 9.85. The van der Waals surface area contributed by atoms with E-state index in [9.17, 15) is 41.4 Å². The summed E-state index contributed by atoms with van der Waals surface area (Å²) in [5.74, 6) is -14.8. The monoisotopic (exact) mass is 466 g/mol. The van der Waals surface area contributed by atoms with Crippen molar-refractivity contribution in [3.8, 4) is 0 Å². The van der Waals surface area contributed by atoms with Crippen molar-refractivity contribution >= 4 is 18.0 Å². The Hall–Kier alpha value is -2.92. The van der Waals surface area contributed by atoms with E-state index in [-0.39, 0.29) is 13.0 Å². The third-order valence-electron chi connectivity index (χ3n) is 5.24. The molecule has 1 aliphatic heterocycles. The molecule has 1 heterocycles. The van der Waals surface area contributed by atoms with Crippen LogP contribution in [0.5, 0.6) is 0 Å². The summed E-state index contributed by atoms with van der Waals surface area (Å²) in [6.45, 7) is 5.59. The number of benzene rings is 1. The predicted octanol–water partition coefficient (Wildman–Crippen LogP) is 3.54. The number of likely N-dealkylation sites (N-methyl/N-ethyl adjacent to an activating group) is 1. The fourth-order valence-corrected chi connectivity index (χ4v) is 3.56. The number of amides is 2. The van der Waals surface area contributed by atoms with Gasteiger partial charge in [0.05, 0.1) is 5.56 Å². The van der Waals surface area contributed by atoms with E-state index in [4.69, 9.17) is 4.74 Å². The number of halogens is 5. The minimum Gasteiger partial charge on any atom is -0.479 e. The highest BCUT2D eigenvalue weighted by atomic mass is 19.2. The summed E-state index contributed by atoms with van der Waals surface area (Å²) >= 11 is 0. The normalized spacial score (nSPS) is 19.6. The van der Waals surface area contributed by atoms with Gasteiger partial charge in [-0.2, -0.15) is 0 Å². The van der Waals surface area contributed by atoms with Gasteiger partial charge in [0, 0.05) is 13.6 Å². The zero-order valence-electron chi connectivity index (χ0n) is 18.1. The van der Waals surface area contributed by atoms with Crippen LogP contribution in [0.15, 0.2) is 0 Å². The number of likely N-dealkylation sites (tertiary alicyclic amines) is 1. The Balaban J connectivity index is 2.57. The molecule has 7 nitrogen and oxygen atoms in total.